The Kier molecular flexibility index (Phi) is 2.48. The van der Waals surface area contributed by atoms with E-state index in [0.29, 0.717) is 4.88 Å². The molecule has 0 aliphatic rings. The van der Waals surface area contributed by atoms with Gasteiger partial charge in [-0.3, -0.25) is 4.79 Å². The third-order valence-electron chi connectivity index (χ3n) is 1.30. The van der Waals surface area contributed by atoms with Gasteiger partial charge >= 0.3 is 0 Å². The SMILES string of the molecule is C=CC(=O)c1snnc1CC. The van der Waals surface area contributed by atoms with Crippen molar-refractivity contribution in [1.82, 2.24) is 9.59 Å². The van der Waals surface area contributed by atoms with Gasteiger partial charge in [0.05, 0.1) is 5.69 Å². The molecule has 0 amide bonds. The highest BCUT2D eigenvalue weighted by molar-refractivity contribution is 7.08. The lowest BCUT2D eigenvalue weighted by Gasteiger charge is -1.89. The van der Waals surface area contributed by atoms with E-state index in [-0.39, 0.29) is 5.78 Å². The standard InChI is InChI=1S/C7H8N2OS/c1-3-5-7(6(10)4-2)11-9-8-5/h4H,2-3H2,1H3. The number of carbonyl (C=O) groups excluding carboxylic acids is 1. The van der Waals surface area contributed by atoms with Crippen molar-refractivity contribution >= 4 is 17.3 Å². The molecule has 0 aromatic carbocycles. The largest absolute Gasteiger partial charge is 0.288 e. The molecule has 0 atom stereocenters. The summed E-state index contributed by atoms with van der Waals surface area (Å²) in [6, 6.07) is 0. The molecular weight excluding hydrogens is 160 g/mol. The van der Waals surface area contributed by atoms with Crippen LogP contribution < -0.4 is 0 Å². The van der Waals surface area contributed by atoms with Gasteiger partial charge in [0.1, 0.15) is 4.88 Å². The number of rotatable bonds is 3. The highest BCUT2D eigenvalue weighted by atomic mass is 32.1. The van der Waals surface area contributed by atoms with Gasteiger partial charge in [-0.1, -0.05) is 18.0 Å². The molecule has 0 spiro atoms. The Balaban J connectivity index is 3.01. The number of nitrogens with zero attached hydrogens (tertiary/aromatic N) is 2. The van der Waals surface area contributed by atoms with Crippen LogP contribution in [0.25, 0.3) is 0 Å². The van der Waals surface area contributed by atoms with Crippen LogP contribution in [0.2, 0.25) is 0 Å². The van der Waals surface area contributed by atoms with E-state index in [9.17, 15) is 4.79 Å². The van der Waals surface area contributed by atoms with E-state index in [2.05, 4.69) is 16.2 Å². The number of allylic oxidation sites excluding steroid dienone is 1. The number of ketones is 1. The van der Waals surface area contributed by atoms with Gasteiger partial charge in [-0.25, -0.2) is 0 Å². The molecule has 0 aliphatic heterocycles. The summed E-state index contributed by atoms with van der Waals surface area (Å²) in [5.41, 5.74) is 0.764. The van der Waals surface area contributed by atoms with Crippen LogP contribution in [0.1, 0.15) is 22.3 Å². The van der Waals surface area contributed by atoms with Crippen LogP contribution in [0, 0.1) is 0 Å². The van der Waals surface area contributed by atoms with Crippen molar-refractivity contribution in [3.63, 3.8) is 0 Å². The molecule has 0 fully saturated rings. The normalized spacial score (nSPS) is 9.55. The van der Waals surface area contributed by atoms with Crippen molar-refractivity contribution in [2.24, 2.45) is 0 Å². The monoisotopic (exact) mass is 168 g/mol. The third-order valence-corrected chi connectivity index (χ3v) is 2.08. The molecule has 1 aromatic heterocycles. The van der Waals surface area contributed by atoms with E-state index in [4.69, 9.17) is 0 Å². The highest BCUT2D eigenvalue weighted by Gasteiger charge is 2.10. The molecule has 1 heterocycles. The maximum Gasteiger partial charge on any atom is 0.198 e. The molecule has 11 heavy (non-hydrogen) atoms. The second kappa shape index (κ2) is 3.39. The molecule has 0 saturated heterocycles. The van der Waals surface area contributed by atoms with E-state index in [1.165, 1.54) is 6.08 Å². The van der Waals surface area contributed by atoms with Crippen molar-refractivity contribution in [2.75, 3.05) is 0 Å². The van der Waals surface area contributed by atoms with E-state index in [1.807, 2.05) is 6.92 Å². The zero-order chi connectivity index (χ0) is 8.27. The first-order valence-electron chi connectivity index (χ1n) is 3.27. The fourth-order valence-corrected chi connectivity index (χ4v) is 1.40. The lowest BCUT2D eigenvalue weighted by atomic mass is 10.2. The van der Waals surface area contributed by atoms with E-state index < -0.39 is 0 Å². The van der Waals surface area contributed by atoms with Crippen LogP contribution in [0.3, 0.4) is 0 Å². The number of aryl methyl sites for hydroxylation is 1. The Morgan fingerprint density at radius 2 is 2.55 bits per heavy atom. The van der Waals surface area contributed by atoms with Crippen LogP contribution in [0.5, 0.6) is 0 Å². The fourth-order valence-electron chi connectivity index (χ4n) is 0.720. The van der Waals surface area contributed by atoms with Crippen molar-refractivity contribution in [2.45, 2.75) is 13.3 Å². The molecule has 0 aliphatic carbocycles. The Morgan fingerprint density at radius 1 is 1.82 bits per heavy atom. The average Bonchev–Trinajstić information content (AvgIpc) is 2.50. The highest BCUT2D eigenvalue weighted by Crippen LogP contribution is 2.11. The zero-order valence-corrected chi connectivity index (χ0v) is 7.02. The first kappa shape index (κ1) is 8.07. The van der Waals surface area contributed by atoms with Gasteiger partial charge in [0, 0.05) is 0 Å². The lowest BCUT2D eigenvalue weighted by molar-refractivity contribution is 0.105. The maximum absolute atomic E-state index is 11.1. The summed E-state index contributed by atoms with van der Waals surface area (Å²) < 4.78 is 3.69. The van der Waals surface area contributed by atoms with Gasteiger partial charge < -0.3 is 0 Å². The summed E-state index contributed by atoms with van der Waals surface area (Å²) in [4.78, 5) is 11.7. The minimum atomic E-state index is -0.0862. The quantitative estimate of drug-likeness (QED) is 0.507. The fraction of sp³-hybridized carbons (Fsp3) is 0.286. The summed E-state index contributed by atoms with van der Waals surface area (Å²) in [5.74, 6) is -0.0862. The van der Waals surface area contributed by atoms with Gasteiger partial charge in [-0.05, 0) is 24.0 Å². The minimum absolute atomic E-state index is 0.0862. The minimum Gasteiger partial charge on any atom is -0.288 e. The lowest BCUT2D eigenvalue weighted by Crippen LogP contribution is -1.95. The van der Waals surface area contributed by atoms with Crippen LogP contribution >= 0.6 is 11.5 Å². The molecule has 3 nitrogen and oxygen atoms in total. The Bertz CT molecular complexity index is 280. The molecular formula is C7H8N2OS. The van der Waals surface area contributed by atoms with Crippen molar-refractivity contribution in [1.29, 1.82) is 0 Å². The van der Waals surface area contributed by atoms with Crippen molar-refractivity contribution in [3.8, 4) is 0 Å². The molecule has 1 aromatic rings. The molecule has 0 bridgehead atoms. The van der Waals surface area contributed by atoms with Crippen LogP contribution in [-0.4, -0.2) is 15.4 Å². The number of aromatic nitrogens is 2. The second-order valence-corrected chi connectivity index (χ2v) is 2.72. The van der Waals surface area contributed by atoms with Crippen molar-refractivity contribution in [3.05, 3.63) is 23.2 Å². The molecule has 1 rings (SSSR count). The summed E-state index contributed by atoms with van der Waals surface area (Å²) in [5, 5.41) is 3.80. The van der Waals surface area contributed by atoms with Crippen LogP contribution in [0.4, 0.5) is 0 Å². The van der Waals surface area contributed by atoms with Gasteiger partial charge in [0.15, 0.2) is 5.78 Å². The Hall–Kier alpha value is -1.03. The Morgan fingerprint density at radius 3 is 3.09 bits per heavy atom. The molecule has 0 saturated carbocycles. The number of carbonyl (C=O) groups is 1. The van der Waals surface area contributed by atoms with Gasteiger partial charge in [-0.15, -0.1) is 5.10 Å². The predicted octanol–water partition coefficient (Wildman–Crippen LogP) is 1.47. The summed E-state index contributed by atoms with van der Waals surface area (Å²) in [6.07, 6.45) is 2.03. The molecule has 0 radical (unpaired) electrons. The topological polar surface area (TPSA) is 42.9 Å². The predicted molar refractivity (Wildman–Crippen MR) is 43.8 cm³/mol. The first-order valence-corrected chi connectivity index (χ1v) is 4.05. The molecule has 58 valence electrons. The van der Waals surface area contributed by atoms with E-state index in [1.54, 1.807) is 0 Å². The average molecular weight is 168 g/mol. The van der Waals surface area contributed by atoms with Crippen molar-refractivity contribution < 1.29 is 4.79 Å². The summed E-state index contributed by atoms with van der Waals surface area (Å²) >= 11 is 1.12. The van der Waals surface area contributed by atoms with Crippen LogP contribution in [-0.2, 0) is 6.42 Å². The van der Waals surface area contributed by atoms with Gasteiger partial charge in [-0.2, -0.15) is 0 Å². The first-order chi connectivity index (χ1) is 5.29. The zero-order valence-electron chi connectivity index (χ0n) is 6.20. The molecule has 4 heteroatoms. The number of hydrogen-bond donors (Lipinski definition) is 0. The molecule has 0 N–H and O–H groups in total. The van der Waals surface area contributed by atoms with Gasteiger partial charge in [0.25, 0.3) is 0 Å². The van der Waals surface area contributed by atoms with Gasteiger partial charge in [0.2, 0.25) is 0 Å². The maximum atomic E-state index is 11.1. The molecule has 0 unspecified atom stereocenters. The summed E-state index contributed by atoms with van der Waals surface area (Å²) in [6.45, 7) is 5.33. The number of hydrogen-bond acceptors (Lipinski definition) is 4. The van der Waals surface area contributed by atoms with E-state index in [0.717, 1.165) is 23.6 Å². The Labute approximate surface area is 68.9 Å². The third kappa shape index (κ3) is 1.51. The second-order valence-electron chi connectivity index (χ2n) is 1.97. The van der Waals surface area contributed by atoms with Crippen LogP contribution in [0.15, 0.2) is 12.7 Å². The smallest absolute Gasteiger partial charge is 0.198 e. The summed E-state index contributed by atoms with van der Waals surface area (Å²) in [7, 11) is 0. The van der Waals surface area contributed by atoms with E-state index >= 15 is 0 Å².